The number of rotatable bonds is 4. The van der Waals surface area contributed by atoms with Gasteiger partial charge in [-0.3, -0.25) is 10.1 Å². The van der Waals surface area contributed by atoms with Crippen LogP contribution in [-0.4, -0.2) is 13.0 Å². The molecule has 19 heavy (non-hydrogen) atoms. The Kier molecular flexibility index (Phi) is 5.82. The molecule has 1 aromatic carbocycles. The minimum Gasteiger partial charge on any atom is -1.00 e. The number of nitrogens with one attached hydrogen (secondary N) is 1. The Hall–Kier alpha value is -2.07. The molecule has 100 valence electrons. The van der Waals surface area contributed by atoms with Crippen molar-refractivity contribution < 1.29 is 26.5 Å². The standard InChI is InChI=1S/C14H14N2O2.ClH/c1-18-13-7-5-6-12(10-13)14(17)15-11-16-8-3-2-4-9-16;/h2-10H,11H2,1H3;1H. The normalized spacial score (nSPS) is 9.32. The van der Waals surface area contributed by atoms with Crippen molar-refractivity contribution in [3.8, 4) is 5.75 Å². The Morgan fingerprint density at radius 2 is 1.95 bits per heavy atom. The minimum atomic E-state index is -0.120. The summed E-state index contributed by atoms with van der Waals surface area (Å²) in [4.78, 5) is 11.9. The van der Waals surface area contributed by atoms with Gasteiger partial charge in [0.25, 0.3) is 5.91 Å². The van der Waals surface area contributed by atoms with Crippen LogP contribution in [0.1, 0.15) is 10.4 Å². The molecule has 0 aliphatic carbocycles. The van der Waals surface area contributed by atoms with Crippen molar-refractivity contribution >= 4 is 5.91 Å². The van der Waals surface area contributed by atoms with E-state index in [0.29, 0.717) is 18.0 Å². The molecule has 0 aliphatic rings. The van der Waals surface area contributed by atoms with Crippen molar-refractivity contribution in [2.75, 3.05) is 7.11 Å². The molecular formula is C14H15ClN2O2. The van der Waals surface area contributed by atoms with Crippen LogP contribution in [0.4, 0.5) is 0 Å². The first-order chi connectivity index (χ1) is 8.79. The fourth-order valence-corrected chi connectivity index (χ4v) is 1.57. The van der Waals surface area contributed by atoms with Gasteiger partial charge in [-0.15, -0.1) is 0 Å². The summed E-state index contributed by atoms with van der Waals surface area (Å²) in [5.41, 5.74) is 0.589. The number of nitrogens with zero attached hydrogens (tertiary/aromatic N) is 1. The molecule has 0 saturated heterocycles. The summed E-state index contributed by atoms with van der Waals surface area (Å²) in [5.74, 6) is 0.556. The number of ether oxygens (including phenoxy) is 1. The van der Waals surface area contributed by atoms with Gasteiger partial charge in [-0.05, 0) is 18.2 Å². The number of hydrogen-bond acceptors (Lipinski definition) is 2. The summed E-state index contributed by atoms with van der Waals surface area (Å²) >= 11 is 0. The van der Waals surface area contributed by atoms with E-state index in [9.17, 15) is 4.79 Å². The fraction of sp³-hybridized carbons (Fsp3) is 0.143. The zero-order chi connectivity index (χ0) is 12.8. The second-order valence-electron chi connectivity index (χ2n) is 3.79. The second kappa shape index (κ2) is 7.38. The van der Waals surface area contributed by atoms with Crippen LogP contribution in [0.2, 0.25) is 0 Å². The van der Waals surface area contributed by atoms with Crippen molar-refractivity contribution in [2.45, 2.75) is 6.67 Å². The molecule has 0 atom stereocenters. The van der Waals surface area contributed by atoms with Crippen LogP contribution in [0, 0.1) is 0 Å². The molecule has 0 bridgehead atoms. The third kappa shape index (κ3) is 4.26. The fourth-order valence-electron chi connectivity index (χ4n) is 1.57. The maximum absolute atomic E-state index is 11.9. The number of halogens is 1. The lowest BCUT2D eigenvalue weighted by Gasteiger charge is -2.04. The van der Waals surface area contributed by atoms with E-state index in [4.69, 9.17) is 4.74 Å². The highest BCUT2D eigenvalue weighted by atomic mass is 35.5. The Labute approximate surface area is 118 Å². The number of hydrogen-bond donors (Lipinski definition) is 1. The van der Waals surface area contributed by atoms with Crippen LogP contribution >= 0.6 is 0 Å². The molecule has 1 amide bonds. The van der Waals surface area contributed by atoms with Gasteiger partial charge in [-0.1, -0.05) is 12.1 Å². The van der Waals surface area contributed by atoms with E-state index < -0.39 is 0 Å². The number of amides is 1. The number of carbonyl (C=O) groups excluding carboxylic acids is 1. The third-order valence-corrected chi connectivity index (χ3v) is 2.53. The van der Waals surface area contributed by atoms with Gasteiger partial charge in [-0.2, -0.15) is 4.57 Å². The van der Waals surface area contributed by atoms with Crippen LogP contribution in [0.3, 0.4) is 0 Å². The van der Waals surface area contributed by atoms with E-state index in [2.05, 4.69) is 5.32 Å². The smallest absolute Gasteiger partial charge is 0.256 e. The van der Waals surface area contributed by atoms with Crippen molar-refractivity contribution in [3.63, 3.8) is 0 Å². The Bertz CT molecular complexity index is 532. The van der Waals surface area contributed by atoms with Crippen LogP contribution in [0.25, 0.3) is 0 Å². The summed E-state index contributed by atoms with van der Waals surface area (Å²) < 4.78 is 6.97. The van der Waals surface area contributed by atoms with Gasteiger partial charge < -0.3 is 17.1 Å². The molecule has 2 aromatic rings. The van der Waals surface area contributed by atoms with Crippen molar-refractivity contribution in [1.82, 2.24) is 5.32 Å². The second-order valence-corrected chi connectivity index (χ2v) is 3.79. The average molecular weight is 279 g/mol. The van der Waals surface area contributed by atoms with Gasteiger partial charge in [0.05, 0.1) is 7.11 Å². The van der Waals surface area contributed by atoms with Crippen LogP contribution in [-0.2, 0) is 6.67 Å². The Balaban J connectivity index is 0.00000180. The highest BCUT2D eigenvalue weighted by molar-refractivity contribution is 5.94. The van der Waals surface area contributed by atoms with Crippen molar-refractivity contribution in [2.24, 2.45) is 0 Å². The minimum absolute atomic E-state index is 0. The van der Waals surface area contributed by atoms with Gasteiger partial charge >= 0.3 is 0 Å². The maximum atomic E-state index is 11.9. The van der Waals surface area contributed by atoms with E-state index in [1.807, 2.05) is 41.2 Å². The summed E-state index contributed by atoms with van der Waals surface area (Å²) in [5, 5.41) is 2.84. The first kappa shape index (κ1) is 15.0. The van der Waals surface area contributed by atoms with Crippen molar-refractivity contribution in [3.05, 3.63) is 60.4 Å². The first-order valence-corrected chi connectivity index (χ1v) is 5.66. The summed E-state index contributed by atoms with van der Waals surface area (Å²) in [7, 11) is 1.58. The Morgan fingerprint density at radius 3 is 2.63 bits per heavy atom. The molecule has 0 aliphatic heterocycles. The first-order valence-electron chi connectivity index (χ1n) is 5.66. The molecule has 0 unspecified atom stereocenters. The van der Waals surface area contributed by atoms with Crippen molar-refractivity contribution in [1.29, 1.82) is 0 Å². The molecule has 1 heterocycles. The van der Waals surface area contributed by atoms with Crippen LogP contribution < -0.4 is 27.0 Å². The quantitative estimate of drug-likeness (QED) is 0.683. The molecule has 4 nitrogen and oxygen atoms in total. The molecule has 5 heteroatoms. The molecule has 0 spiro atoms. The highest BCUT2D eigenvalue weighted by Crippen LogP contribution is 2.12. The van der Waals surface area contributed by atoms with Gasteiger partial charge in [0, 0.05) is 17.7 Å². The zero-order valence-electron chi connectivity index (χ0n) is 10.5. The van der Waals surface area contributed by atoms with Gasteiger partial charge in [-0.25, -0.2) is 0 Å². The molecule has 0 saturated carbocycles. The van der Waals surface area contributed by atoms with E-state index in [1.54, 1.807) is 25.3 Å². The third-order valence-electron chi connectivity index (χ3n) is 2.53. The Morgan fingerprint density at radius 1 is 1.21 bits per heavy atom. The SMILES string of the molecule is COc1cccc(C(=O)NC[n+]2ccccc2)c1.[Cl-]. The number of aromatic nitrogens is 1. The summed E-state index contributed by atoms with van der Waals surface area (Å²) in [6.07, 6.45) is 3.79. The van der Waals surface area contributed by atoms with Crippen LogP contribution in [0.15, 0.2) is 54.9 Å². The van der Waals surface area contributed by atoms with E-state index >= 15 is 0 Å². The molecule has 1 N–H and O–H groups in total. The van der Waals surface area contributed by atoms with Gasteiger partial charge in [0.1, 0.15) is 5.75 Å². The van der Waals surface area contributed by atoms with E-state index in [1.165, 1.54) is 0 Å². The highest BCUT2D eigenvalue weighted by Gasteiger charge is 2.07. The molecule has 1 aromatic heterocycles. The van der Waals surface area contributed by atoms with Crippen LogP contribution in [0.5, 0.6) is 5.75 Å². The number of methoxy groups -OCH3 is 1. The summed E-state index contributed by atoms with van der Waals surface area (Å²) in [6.45, 7) is 0.441. The predicted molar refractivity (Wildman–Crippen MR) is 67.1 cm³/mol. The summed E-state index contributed by atoms with van der Waals surface area (Å²) in [6, 6.07) is 12.8. The average Bonchev–Trinajstić information content (AvgIpc) is 2.46. The number of pyridine rings is 1. The lowest BCUT2D eigenvalue weighted by molar-refractivity contribution is -0.699. The van der Waals surface area contributed by atoms with Gasteiger partial charge in [0.2, 0.25) is 6.67 Å². The zero-order valence-corrected chi connectivity index (χ0v) is 11.3. The molecule has 0 radical (unpaired) electrons. The van der Waals surface area contributed by atoms with Gasteiger partial charge in [0.15, 0.2) is 12.4 Å². The largest absolute Gasteiger partial charge is 1.00 e. The molecule has 2 rings (SSSR count). The van der Waals surface area contributed by atoms with E-state index in [-0.39, 0.29) is 18.3 Å². The van der Waals surface area contributed by atoms with E-state index in [0.717, 1.165) is 0 Å². The molecule has 0 fully saturated rings. The maximum Gasteiger partial charge on any atom is 0.256 e. The number of carbonyl (C=O) groups is 1. The predicted octanol–water partition coefficient (Wildman–Crippen LogP) is -1.63. The lowest BCUT2D eigenvalue weighted by atomic mass is 10.2. The lowest BCUT2D eigenvalue weighted by Crippen LogP contribution is -3.00. The topological polar surface area (TPSA) is 42.2 Å². The molecular weight excluding hydrogens is 264 g/mol. The number of benzene rings is 1. The monoisotopic (exact) mass is 278 g/mol.